The Morgan fingerprint density at radius 2 is 2.04 bits per heavy atom. The van der Waals surface area contributed by atoms with E-state index in [9.17, 15) is 4.79 Å². The lowest BCUT2D eigenvalue weighted by atomic mass is 10.1. The summed E-state index contributed by atoms with van der Waals surface area (Å²) in [6.45, 7) is 1.86. The van der Waals surface area contributed by atoms with Gasteiger partial charge in [-0.2, -0.15) is 0 Å². The van der Waals surface area contributed by atoms with Crippen LogP contribution in [0.4, 0.5) is 11.6 Å². The predicted molar refractivity (Wildman–Crippen MR) is 114 cm³/mol. The summed E-state index contributed by atoms with van der Waals surface area (Å²) in [5.41, 5.74) is 7.26. The Kier molecular flexibility index (Phi) is 6.28. The molecule has 0 radical (unpaired) electrons. The number of halogens is 1. The summed E-state index contributed by atoms with van der Waals surface area (Å²) < 4.78 is 0. The van der Waals surface area contributed by atoms with Crippen molar-refractivity contribution in [1.29, 1.82) is 0 Å². The van der Waals surface area contributed by atoms with Crippen LogP contribution in [0.2, 0.25) is 5.02 Å². The quantitative estimate of drug-likeness (QED) is 0.566. The number of hydrogen-bond donors (Lipinski definition) is 3. The van der Waals surface area contributed by atoms with Crippen LogP contribution in [0, 0.1) is 0 Å². The molecule has 0 aliphatic carbocycles. The summed E-state index contributed by atoms with van der Waals surface area (Å²) in [6, 6.07) is 9.33. The van der Waals surface area contributed by atoms with Gasteiger partial charge in [-0.3, -0.25) is 4.79 Å². The molecule has 2 aromatic heterocycles. The summed E-state index contributed by atoms with van der Waals surface area (Å²) in [6.07, 6.45) is 3.20. The number of benzene rings is 1. The third kappa shape index (κ3) is 4.88. The van der Waals surface area contributed by atoms with Crippen molar-refractivity contribution in [3.05, 3.63) is 58.9 Å². The molecule has 7 nitrogen and oxygen atoms in total. The Labute approximate surface area is 168 Å². The first kappa shape index (κ1) is 19.9. The van der Waals surface area contributed by atoms with E-state index in [1.54, 1.807) is 12.3 Å². The minimum atomic E-state index is -0.239. The Morgan fingerprint density at radius 3 is 2.82 bits per heavy atom. The van der Waals surface area contributed by atoms with Crippen molar-refractivity contribution >= 4 is 39.9 Å². The molecule has 0 fully saturated rings. The van der Waals surface area contributed by atoms with Crippen molar-refractivity contribution in [2.24, 2.45) is 0 Å². The molecule has 0 unspecified atom stereocenters. The fourth-order valence-corrected chi connectivity index (χ4v) is 2.95. The average molecular weight is 399 g/mol. The Morgan fingerprint density at radius 1 is 1.21 bits per heavy atom. The first-order valence-electron chi connectivity index (χ1n) is 8.89. The van der Waals surface area contributed by atoms with Crippen molar-refractivity contribution in [3.63, 3.8) is 0 Å². The highest BCUT2D eigenvalue weighted by molar-refractivity contribution is 6.31. The van der Waals surface area contributed by atoms with Crippen LogP contribution < -0.4 is 16.4 Å². The van der Waals surface area contributed by atoms with Crippen molar-refractivity contribution in [2.75, 3.05) is 38.2 Å². The van der Waals surface area contributed by atoms with Gasteiger partial charge >= 0.3 is 0 Å². The molecule has 28 heavy (non-hydrogen) atoms. The number of nitrogens with one attached hydrogen (secondary N) is 2. The number of anilines is 2. The van der Waals surface area contributed by atoms with Crippen LogP contribution in [-0.2, 0) is 6.54 Å². The molecule has 0 bridgehead atoms. The van der Waals surface area contributed by atoms with Gasteiger partial charge in [0.05, 0.1) is 10.6 Å². The van der Waals surface area contributed by atoms with Gasteiger partial charge in [-0.05, 0) is 43.2 Å². The largest absolute Gasteiger partial charge is 0.383 e. The summed E-state index contributed by atoms with van der Waals surface area (Å²) >= 11 is 6.05. The van der Waals surface area contributed by atoms with Crippen molar-refractivity contribution in [3.8, 4) is 0 Å². The number of nitrogens with zero attached hydrogens (tertiary/aromatic N) is 3. The van der Waals surface area contributed by atoms with E-state index in [0.717, 1.165) is 22.9 Å². The van der Waals surface area contributed by atoms with Crippen LogP contribution in [-0.4, -0.2) is 48.0 Å². The van der Waals surface area contributed by atoms with Gasteiger partial charge in [0.1, 0.15) is 11.6 Å². The zero-order valence-electron chi connectivity index (χ0n) is 15.9. The highest BCUT2D eigenvalue weighted by atomic mass is 35.5. The van der Waals surface area contributed by atoms with Gasteiger partial charge in [-0.1, -0.05) is 23.7 Å². The zero-order chi connectivity index (χ0) is 20.1. The van der Waals surface area contributed by atoms with Crippen molar-refractivity contribution in [1.82, 2.24) is 20.2 Å². The minimum Gasteiger partial charge on any atom is -0.383 e. The van der Waals surface area contributed by atoms with Crippen LogP contribution in [0.15, 0.2) is 42.7 Å². The molecule has 4 N–H and O–H groups in total. The van der Waals surface area contributed by atoms with Crippen LogP contribution in [0.3, 0.4) is 0 Å². The second kappa shape index (κ2) is 8.86. The molecule has 146 valence electrons. The molecule has 0 aliphatic rings. The van der Waals surface area contributed by atoms with Gasteiger partial charge < -0.3 is 21.3 Å². The van der Waals surface area contributed by atoms with Crippen LogP contribution in [0.5, 0.6) is 0 Å². The van der Waals surface area contributed by atoms with Crippen LogP contribution >= 0.6 is 11.6 Å². The smallest absolute Gasteiger partial charge is 0.255 e. The van der Waals surface area contributed by atoms with E-state index in [-0.39, 0.29) is 5.91 Å². The van der Waals surface area contributed by atoms with Gasteiger partial charge in [0.2, 0.25) is 0 Å². The molecule has 1 aromatic carbocycles. The number of carbonyl (C=O) groups is 1. The molecule has 0 spiro atoms. The lowest BCUT2D eigenvalue weighted by Gasteiger charge is -2.14. The molecule has 8 heteroatoms. The topological polar surface area (TPSA) is 96.2 Å². The lowest BCUT2D eigenvalue weighted by molar-refractivity contribution is 0.0951. The molecule has 0 aliphatic heterocycles. The van der Waals surface area contributed by atoms with Gasteiger partial charge in [0, 0.05) is 37.4 Å². The normalized spacial score (nSPS) is 11.0. The number of likely N-dealkylation sites (N-methyl/N-ethyl adjacent to an activating group) is 1. The first-order valence-corrected chi connectivity index (χ1v) is 9.27. The first-order chi connectivity index (χ1) is 13.4. The lowest BCUT2D eigenvalue weighted by Crippen LogP contribution is -2.26. The molecule has 0 atom stereocenters. The number of pyridine rings is 2. The summed E-state index contributed by atoms with van der Waals surface area (Å²) in [5, 5.41) is 8.40. The number of hydrogen-bond acceptors (Lipinski definition) is 6. The fraction of sp³-hybridized carbons (Fsp3) is 0.250. The third-order valence-electron chi connectivity index (χ3n) is 4.26. The van der Waals surface area contributed by atoms with Gasteiger partial charge in [0.25, 0.3) is 5.91 Å². The second-order valence-electron chi connectivity index (χ2n) is 6.71. The highest BCUT2D eigenvalue weighted by Gasteiger charge is 2.14. The van der Waals surface area contributed by atoms with Crippen LogP contribution in [0.1, 0.15) is 15.9 Å². The van der Waals surface area contributed by atoms with E-state index in [0.29, 0.717) is 35.3 Å². The number of nitrogen functional groups attached to an aromatic ring is 1. The Balaban J connectivity index is 1.71. The van der Waals surface area contributed by atoms with Crippen LogP contribution in [0.25, 0.3) is 10.8 Å². The fourth-order valence-electron chi connectivity index (χ4n) is 2.79. The maximum absolute atomic E-state index is 12.7. The highest BCUT2D eigenvalue weighted by Crippen LogP contribution is 2.21. The predicted octanol–water partition coefficient (Wildman–Crippen LogP) is 2.77. The van der Waals surface area contributed by atoms with E-state index < -0.39 is 0 Å². The molecular weight excluding hydrogens is 376 g/mol. The second-order valence-corrected chi connectivity index (χ2v) is 7.15. The summed E-state index contributed by atoms with van der Waals surface area (Å²) in [7, 11) is 3.97. The summed E-state index contributed by atoms with van der Waals surface area (Å²) in [5.74, 6) is 0.768. The van der Waals surface area contributed by atoms with E-state index in [1.807, 2.05) is 43.3 Å². The number of aromatic nitrogens is 2. The van der Waals surface area contributed by atoms with E-state index in [2.05, 4.69) is 20.6 Å². The van der Waals surface area contributed by atoms with Crippen molar-refractivity contribution < 1.29 is 4.79 Å². The molecular formula is C20H23ClN6O. The average Bonchev–Trinajstić information content (AvgIpc) is 2.67. The monoisotopic (exact) mass is 398 g/mol. The van der Waals surface area contributed by atoms with Gasteiger partial charge in [0.15, 0.2) is 0 Å². The van der Waals surface area contributed by atoms with E-state index >= 15 is 0 Å². The third-order valence-corrected chi connectivity index (χ3v) is 4.47. The van der Waals surface area contributed by atoms with E-state index in [1.165, 1.54) is 6.20 Å². The maximum atomic E-state index is 12.7. The molecule has 3 rings (SSSR count). The molecule has 0 saturated heterocycles. The standard InChI is InChI=1S/C20H23ClN6O/c1-27(2)8-7-24-19-17(10-15(21)12-25-19)20(28)26-11-13-3-4-16-14(9-13)5-6-23-18(16)22/h3-6,9-10,12H,7-8,11H2,1-2H3,(H2,22,23)(H,24,25)(H,26,28). The van der Waals surface area contributed by atoms with E-state index in [4.69, 9.17) is 17.3 Å². The zero-order valence-corrected chi connectivity index (χ0v) is 16.6. The number of fused-ring (bicyclic) bond motifs is 1. The SMILES string of the molecule is CN(C)CCNc1ncc(Cl)cc1C(=O)NCc1ccc2c(N)nccc2c1. The number of rotatable bonds is 7. The van der Waals surface area contributed by atoms with Gasteiger partial charge in [-0.15, -0.1) is 0 Å². The Bertz CT molecular complexity index is 992. The number of nitrogens with two attached hydrogens (primary N) is 1. The number of amides is 1. The van der Waals surface area contributed by atoms with Crippen molar-refractivity contribution in [2.45, 2.75) is 6.54 Å². The molecule has 0 saturated carbocycles. The molecule has 2 heterocycles. The summed E-state index contributed by atoms with van der Waals surface area (Å²) in [4.78, 5) is 23.1. The minimum absolute atomic E-state index is 0.239. The van der Waals surface area contributed by atoms with Gasteiger partial charge in [-0.25, -0.2) is 9.97 Å². The maximum Gasteiger partial charge on any atom is 0.255 e. The number of carbonyl (C=O) groups excluding carboxylic acids is 1. The molecule has 3 aromatic rings. The molecule has 1 amide bonds. The Hall–Kier alpha value is -2.90.